The lowest BCUT2D eigenvalue weighted by Crippen LogP contribution is -2.62. The summed E-state index contributed by atoms with van der Waals surface area (Å²) in [5, 5.41) is 25.9. The standard InChI is InChI=1S/C36H42FN3O4S/c1-34-19-23-21-39-40(26-10-8-25(37)9-11-26)29(23)18-24(34)7-12-27-28-13-14-36(33(43)45-16-15-38,35(28,2)20-30(41)32(27)34)44-31(42)17-22-5-3-4-6-22/h8-11,18,21-22,27-28,30,32,41H,3-7,12-14,16-17,19-20H2,1-2H3/t27?,28-,30?,32+,34?,35?,36?/m0/s1. The summed E-state index contributed by atoms with van der Waals surface area (Å²) in [7, 11) is 0. The van der Waals surface area contributed by atoms with Crippen molar-refractivity contribution in [2.45, 2.75) is 96.2 Å². The summed E-state index contributed by atoms with van der Waals surface area (Å²) in [6, 6.07) is 8.44. The van der Waals surface area contributed by atoms with Crippen molar-refractivity contribution in [2.75, 3.05) is 5.75 Å². The van der Waals surface area contributed by atoms with E-state index in [4.69, 9.17) is 4.74 Å². The largest absolute Gasteiger partial charge is 0.449 e. The van der Waals surface area contributed by atoms with Crippen LogP contribution in [0.3, 0.4) is 0 Å². The number of hydrogen-bond donors (Lipinski definition) is 1. The average Bonchev–Trinajstić information content (AvgIpc) is 3.73. The minimum Gasteiger partial charge on any atom is -0.449 e. The maximum Gasteiger partial charge on any atom is 0.307 e. The Morgan fingerprint density at radius 1 is 1.18 bits per heavy atom. The van der Waals surface area contributed by atoms with Crippen LogP contribution < -0.4 is 0 Å². The number of nitrogens with zero attached hydrogens (tertiary/aromatic N) is 3. The van der Waals surface area contributed by atoms with Crippen LogP contribution in [0.4, 0.5) is 4.39 Å². The highest BCUT2D eigenvalue weighted by atomic mass is 32.2. The molecule has 0 spiro atoms. The molecule has 45 heavy (non-hydrogen) atoms. The number of aromatic nitrogens is 2. The van der Waals surface area contributed by atoms with E-state index in [9.17, 15) is 24.3 Å². The maximum absolute atomic E-state index is 14.0. The molecule has 1 N–H and O–H groups in total. The Kier molecular flexibility index (Phi) is 7.76. The highest BCUT2D eigenvalue weighted by molar-refractivity contribution is 8.14. The first kappa shape index (κ1) is 30.7. The third-order valence-corrected chi connectivity index (χ3v) is 13.3. The highest BCUT2D eigenvalue weighted by Gasteiger charge is 2.70. The maximum atomic E-state index is 14.0. The van der Waals surface area contributed by atoms with Gasteiger partial charge in [0.25, 0.3) is 0 Å². The number of fused-ring (bicyclic) bond motifs is 6. The van der Waals surface area contributed by atoms with Gasteiger partial charge in [-0.15, -0.1) is 0 Å². The summed E-state index contributed by atoms with van der Waals surface area (Å²) in [5.41, 5.74) is 1.89. The fraction of sp³-hybridized carbons (Fsp3) is 0.611. The predicted octanol–water partition coefficient (Wildman–Crippen LogP) is 6.81. The highest BCUT2D eigenvalue weighted by Crippen LogP contribution is 2.69. The first-order chi connectivity index (χ1) is 21.6. The number of thioether (sulfide) groups is 1. The molecular weight excluding hydrogens is 589 g/mol. The van der Waals surface area contributed by atoms with Crippen molar-refractivity contribution >= 4 is 28.9 Å². The first-order valence-electron chi connectivity index (χ1n) is 16.6. The number of carbonyl (C=O) groups is 2. The van der Waals surface area contributed by atoms with E-state index >= 15 is 0 Å². The molecule has 5 aliphatic rings. The van der Waals surface area contributed by atoms with Crippen LogP contribution in [0.15, 0.2) is 36.0 Å². The van der Waals surface area contributed by atoms with Gasteiger partial charge in [-0.1, -0.05) is 44.0 Å². The molecule has 9 heteroatoms. The summed E-state index contributed by atoms with van der Waals surface area (Å²) in [6.45, 7) is 4.34. The van der Waals surface area contributed by atoms with E-state index in [0.29, 0.717) is 25.2 Å². The smallest absolute Gasteiger partial charge is 0.307 e. The number of ether oxygens (including phenoxy) is 1. The number of hydrogen-bond acceptors (Lipinski definition) is 7. The molecule has 5 aliphatic carbocycles. The molecule has 7 rings (SSSR count). The van der Waals surface area contributed by atoms with Gasteiger partial charge in [0.2, 0.25) is 5.12 Å². The molecule has 7 nitrogen and oxygen atoms in total. The molecule has 238 valence electrons. The van der Waals surface area contributed by atoms with E-state index in [2.05, 4.69) is 31.1 Å². The Balaban J connectivity index is 1.20. The van der Waals surface area contributed by atoms with Crippen LogP contribution in [-0.2, 0) is 20.7 Å². The Hall–Kier alpha value is -2.96. The van der Waals surface area contributed by atoms with E-state index in [1.165, 1.54) is 17.7 Å². The van der Waals surface area contributed by atoms with Crippen LogP contribution in [0.5, 0.6) is 0 Å². The van der Waals surface area contributed by atoms with E-state index in [0.717, 1.165) is 80.1 Å². The Morgan fingerprint density at radius 3 is 2.67 bits per heavy atom. The monoisotopic (exact) mass is 631 g/mol. The summed E-state index contributed by atoms with van der Waals surface area (Å²) in [5.74, 6) is -0.0230. The fourth-order valence-electron chi connectivity index (χ4n) is 10.4. The molecule has 2 aromatic rings. The molecule has 0 saturated heterocycles. The summed E-state index contributed by atoms with van der Waals surface area (Å²) >= 11 is 0.955. The van der Waals surface area contributed by atoms with E-state index in [1.807, 2.05) is 10.9 Å². The van der Waals surface area contributed by atoms with E-state index in [1.54, 1.807) is 12.1 Å². The molecule has 1 aromatic carbocycles. The first-order valence-corrected chi connectivity index (χ1v) is 17.6. The third kappa shape index (κ3) is 4.81. The molecule has 1 aromatic heterocycles. The van der Waals surface area contributed by atoms with Gasteiger partial charge in [0, 0.05) is 11.8 Å². The van der Waals surface area contributed by atoms with Crippen molar-refractivity contribution in [3.63, 3.8) is 0 Å². The number of rotatable bonds is 6. The van der Waals surface area contributed by atoms with Crippen LogP contribution in [0.25, 0.3) is 11.8 Å². The van der Waals surface area contributed by atoms with Gasteiger partial charge in [-0.05, 0) is 116 Å². The van der Waals surface area contributed by atoms with Crippen molar-refractivity contribution in [3.05, 3.63) is 53.1 Å². The minimum atomic E-state index is -1.34. The zero-order valence-electron chi connectivity index (χ0n) is 26.1. The molecule has 0 amide bonds. The molecule has 0 bridgehead atoms. The number of esters is 1. The number of halogens is 1. The molecular formula is C36H42FN3O4S. The zero-order valence-corrected chi connectivity index (χ0v) is 27.0. The molecule has 4 fully saturated rings. The summed E-state index contributed by atoms with van der Waals surface area (Å²) in [6.07, 6.45) is 12.1. The van der Waals surface area contributed by atoms with Gasteiger partial charge in [0.1, 0.15) is 5.82 Å². The van der Waals surface area contributed by atoms with Crippen LogP contribution >= 0.6 is 11.8 Å². The number of benzene rings is 1. The molecule has 0 radical (unpaired) electrons. The van der Waals surface area contributed by atoms with Gasteiger partial charge in [0.05, 0.1) is 35.5 Å². The second kappa shape index (κ2) is 11.4. The van der Waals surface area contributed by atoms with Crippen LogP contribution in [-0.4, -0.2) is 43.4 Å². The fourth-order valence-corrected chi connectivity index (χ4v) is 11.2. The van der Waals surface area contributed by atoms with Crippen molar-refractivity contribution < 1.29 is 23.8 Å². The van der Waals surface area contributed by atoms with Crippen molar-refractivity contribution in [2.24, 2.45) is 34.5 Å². The Morgan fingerprint density at radius 2 is 1.93 bits per heavy atom. The van der Waals surface area contributed by atoms with Crippen LogP contribution in [0.2, 0.25) is 0 Å². The quantitative estimate of drug-likeness (QED) is 0.349. The Bertz CT molecular complexity index is 1580. The number of carbonyl (C=O) groups excluding carboxylic acids is 2. The van der Waals surface area contributed by atoms with Gasteiger partial charge in [0.15, 0.2) is 5.60 Å². The number of aliphatic hydroxyl groups is 1. The lowest BCUT2D eigenvalue weighted by atomic mass is 9.45. The summed E-state index contributed by atoms with van der Waals surface area (Å²) < 4.78 is 21.9. The molecule has 4 saturated carbocycles. The van der Waals surface area contributed by atoms with Crippen molar-refractivity contribution in [3.8, 4) is 11.8 Å². The van der Waals surface area contributed by atoms with Gasteiger partial charge in [-0.2, -0.15) is 10.4 Å². The minimum absolute atomic E-state index is 0.00949. The lowest BCUT2D eigenvalue weighted by Gasteiger charge is -2.60. The second-order valence-electron chi connectivity index (χ2n) is 14.7. The summed E-state index contributed by atoms with van der Waals surface area (Å²) in [4.78, 5) is 27.5. The van der Waals surface area contributed by atoms with Gasteiger partial charge in [-0.3, -0.25) is 9.59 Å². The van der Waals surface area contributed by atoms with Gasteiger partial charge in [-0.25, -0.2) is 9.07 Å². The molecule has 5 unspecified atom stereocenters. The van der Waals surface area contributed by atoms with E-state index < -0.39 is 17.1 Å². The SMILES string of the molecule is CC12Cc3cnn(-c4ccc(F)cc4)c3C=C1CCC1[C@@H]2C(O)CC2(C)[C@H]1CCC2(OC(=O)CC1CCCC1)C(=O)SCC#N. The van der Waals surface area contributed by atoms with Crippen molar-refractivity contribution in [1.82, 2.24) is 9.78 Å². The average molecular weight is 632 g/mol. The number of nitriles is 1. The third-order valence-electron chi connectivity index (χ3n) is 12.4. The van der Waals surface area contributed by atoms with Gasteiger partial charge >= 0.3 is 5.97 Å². The normalized spacial score (nSPS) is 35.4. The number of aliphatic hydroxyl groups excluding tert-OH is 1. The topological polar surface area (TPSA) is 105 Å². The van der Waals surface area contributed by atoms with E-state index in [-0.39, 0.29) is 45.8 Å². The molecule has 0 aliphatic heterocycles. The van der Waals surface area contributed by atoms with Gasteiger partial charge < -0.3 is 9.84 Å². The molecule has 7 atom stereocenters. The van der Waals surface area contributed by atoms with Crippen LogP contribution in [0.1, 0.15) is 89.3 Å². The lowest BCUT2D eigenvalue weighted by molar-refractivity contribution is -0.197. The molecule has 1 heterocycles. The Labute approximate surface area is 268 Å². The number of allylic oxidation sites excluding steroid dienone is 1. The second-order valence-corrected chi connectivity index (χ2v) is 15.6. The van der Waals surface area contributed by atoms with Crippen molar-refractivity contribution in [1.29, 1.82) is 5.26 Å². The predicted molar refractivity (Wildman–Crippen MR) is 169 cm³/mol. The van der Waals surface area contributed by atoms with Crippen LogP contribution in [0, 0.1) is 51.6 Å². The zero-order chi connectivity index (χ0) is 31.6.